The molecule has 0 bridgehead atoms. The molecule has 0 aliphatic heterocycles. The van der Waals surface area contributed by atoms with Gasteiger partial charge < -0.3 is 25.3 Å². The van der Waals surface area contributed by atoms with Crippen LogP contribution in [0.1, 0.15) is 21.9 Å². The van der Waals surface area contributed by atoms with Gasteiger partial charge in [0, 0.05) is 30.0 Å². The number of ether oxygens (including phenoxy) is 1. The topological polar surface area (TPSA) is 120 Å². The number of aromatic nitrogens is 3. The van der Waals surface area contributed by atoms with Crippen molar-refractivity contribution < 1.29 is 24.1 Å². The number of carboxylic acid groups (broad SMARTS) is 1. The Bertz CT molecular complexity index is 957. The standard InChI is InChI=1S/C17H17FN4O4/c1-9-14(17(24)25)15-10(21-9)2-3-11(16(15)18)26-13-4-5-20-12(22-13)8-19-6-7-23/h2-5,19,21,23H,6-8H2,1H3,(H,24,25). The normalized spacial score (nSPS) is 11.0. The van der Waals surface area contributed by atoms with Gasteiger partial charge in [-0.2, -0.15) is 4.98 Å². The van der Waals surface area contributed by atoms with E-state index in [1.165, 1.54) is 18.3 Å². The Labute approximate surface area is 147 Å². The molecule has 0 spiro atoms. The molecule has 0 unspecified atom stereocenters. The highest BCUT2D eigenvalue weighted by Gasteiger charge is 2.21. The maximum atomic E-state index is 14.8. The quantitative estimate of drug-likeness (QED) is 0.476. The fourth-order valence-corrected chi connectivity index (χ4v) is 2.62. The molecule has 3 rings (SSSR count). The predicted octanol–water partition coefficient (Wildman–Crippen LogP) is 1.98. The van der Waals surface area contributed by atoms with Crippen LogP contribution in [0.5, 0.6) is 11.6 Å². The smallest absolute Gasteiger partial charge is 0.338 e. The molecule has 8 nitrogen and oxygen atoms in total. The van der Waals surface area contributed by atoms with E-state index in [0.29, 0.717) is 30.1 Å². The van der Waals surface area contributed by atoms with Crippen molar-refractivity contribution in [2.24, 2.45) is 0 Å². The largest absolute Gasteiger partial charge is 0.478 e. The van der Waals surface area contributed by atoms with Crippen molar-refractivity contribution in [2.45, 2.75) is 13.5 Å². The number of hydrogen-bond acceptors (Lipinski definition) is 6. The van der Waals surface area contributed by atoms with Crippen LogP contribution < -0.4 is 10.1 Å². The molecule has 1 aromatic carbocycles. The van der Waals surface area contributed by atoms with Crippen molar-refractivity contribution in [3.63, 3.8) is 0 Å². The molecule has 26 heavy (non-hydrogen) atoms. The molecule has 3 aromatic rings. The number of halogens is 1. The summed E-state index contributed by atoms with van der Waals surface area (Å²) in [6, 6.07) is 4.43. The number of nitrogens with zero attached hydrogens (tertiary/aromatic N) is 2. The van der Waals surface area contributed by atoms with Gasteiger partial charge in [0.1, 0.15) is 5.82 Å². The number of benzene rings is 1. The van der Waals surface area contributed by atoms with E-state index in [1.807, 2.05) is 0 Å². The third-order valence-electron chi connectivity index (χ3n) is 3.73. The zero-order chi connectivity index (χ0) is 18.7. The summed E-state index contributed by atoms with van der Waals surface area (Å²) in [5.41, 5.74) is 0.615. The van der Waals surface area contributed by atoms with Crippen molar-refractivity contribution >= 4 is 16.9 Å². The van der Waals surface area contributed by atoms with Gasteiger partial charge >= 0.3 is 5.97 Å². The molecule has 0 fully saturated rings. The Morgan fingerprint density at radius 1 is 1.38 bits per heavy atom. The Balaban J connectivity index is 1.92. The van der Waals surface area contributed by atoms with Crippen LogP contribution >= 0.6 is 0 Å². The number of nitrogens with one attached hydrogen (secondary N) is 2. The van der Waals surface area contributed by atoms with Crippen molar-refractivity contribution in [2.75, 3.05) is 13.2 Å². The van der Waals surface area contributed by atoms with Crippen molar-refractivity contribution in [3.8, 4) is 11.6 Å². The van der Waals surface area contributed by atoms with E-state index in [4.69, 9.17) is 9.84 Å². The van der Waals surface area contributed by atoms with Crippen LogP contribution in [-0.4, -0.2) is 44.3 Å². The average molecular weight is 360 g/mol. The van der Waals surface area contributed by atoms with Gasteiger partial charge in [-0.05, 0) is 19.1 Å². The van der Waals surface area contributed by atoms with Crippen LogP contribution in [0.2, 0.25) is 0 Å². The fourth-order valence-electron chi connectivity index (χ4n) is 2.62. The lowest BCUT2D eigenvalue weighted by molar-refractivity contribution is 0.0698. The lowest BCUT2D eigenvalue weighted by atomic mass is 10.1. The van der Waals surface area contributed by atoms with Crippen LogP contribution in [0.3, 0.4) is 0 Å². The lowest BCUT2D eigenvalue weighted by Crippen LogP contribution is -2.19. The molecule has 0 aliphatic rings. The first-order chi connectivity index (χ1) is 12.5. The van der Waals surface area contributed by atoms with E-state index in [9.17, 15) is 14.3 Å². The molecule has 0 saturated heterocycles. The first kappa shape index (κ1) is 17.8. The Morgan fingerprint density at radius 3 is 2.92 bits per heavy atom. The number of aryl methyl sites for hydroxylation is 1. The molecule has 0 aliphatic carbocycles. The van der Waals surface area contributed by atoms with Crippen LogP contribution in [0.25, 0.3) is 10.9 Å². The van der Waals surface area contributed by atoms with E-state index in [2.05, 4.69) is 20.3 Å². The maximum absolute atomic E-state index is 14.8. The van der Waals surface area contributed by atoms with Gasteiger partial charge in [0.2, 0.25) is 5.88 Å². The van der Waals surface area contributed by atoms with Crippen molar-refractivity contribution in [1.82, 2.24) is 20.3 Å². The molecule has 0 amide bonds. The third kappa shape index (κ3) is 3.48. The van der Waals surface area contributed by atoms with Gasteiger partial charge in [-0.3, -0.25) is 0 Å². The second-order valence-corrected chi connectivity index (χ2v) is 5.54. The number of aromatic amines is 1. The average Bonchev–Trinajstić information content (AvgIpc) is 2.95. The molecule has 9 heteroatoms. The number of carboxylic acids is 1. The molecule has 0 saturated carbocycles. The summed E-state index contributed by atoms with van der Waals surface area (Å²) in [5, 5.41) is 21.0. The number of aromatic carboxylic acids is 1. The SMILES string of the molecule is Cc1[nH]c2ccc(Oc3ccnc(CNCCO)n3)c(F)c2c1C(=O)O. The monoisotopic (exact) mass is 360 g/mol. The number of aliphatic hydroxyl groups excluding tert-OH is 1. The highest BCUT2D eigenvalue weighted by Crippen LogP contribution is 2.32. The maximum Gasteiger partial charge on any atom is 0.338 e. The number of rotatable bonds is 7. The van der Waals surface area contributed by atoms with Gasteiger partial charge in [-0.25, -0.2) is 14.2 Å². The van der Waals surface area contributed by atoms with E-state index >= 15 is 0 Å². The summed E-state index contributed by atoms with van der Waals surface area (Å²) in [5.74, 6) is -1.58. The summed E-state index contributed by atoms with van der Waals surface area (Å²) in [4.78, 5) is 22.5. The van der Waals surface area contributed by atoms with Crippen molar-refractivity contribution in [3.05, 3.63) is 47.3 Å². The molecule has 0 atom stereocenters. The van der Waals surface area contributed by atoms with E-state index in [0.717, 1.165) is 0 Å². The van der Waals surface area contributed by atoms with Gasteiger partial charge in [0.15, 0.2) is 11.6 Å². The van der Waals surface area contributed by atoms with Crippen LogP contribution in [0.4, 0.5) is 4.39 Å². The summed E-state index contributed by atoms with van der Waals surface area (Å²) >= 11 is 0. The van der Waals surface area contributed by atoms with E-state index in [1.54, 1.807) is 13.0 Å². The number of hydrogen-bond donors (Lipinski definition) is 4. The molecule has 4 N–H and O–H groups in total. The minimum Gasteiger partial charge on any atom is -0.478 e. The number of H-pyrrole nitrogens is 1. The summed E-state index contributed by atoms with van der Waals surface area (Å²) in [6.07, 6.45) is 1.47. The van der Waals surface area contributed by atoms with E-state index < -0.39 is 11.8 Å². The molecule has 136 valence electrons. The highest BCUT2D eigenvalue weighted by molar-refractivity contribution is 6.05. The van der Waals surface area contributed by atoms with Gasteiger partial charge in [0.25, 0.3) is 0 Å². The number of carbonyl (C=O) groups is 1. The second-order valence-electron chi connectivity index (χ2n) is 5.54. The summed E-state index contributed by atoms with van der Waals surface area (Å²) in [7, 11) is 0. The first-order valence-corrected chi connectivity index (χ1v) is 7.86. The van der Waals surface area contributed by atoms with Crippen LogP contribution in [-0.2, 0) is 6.54 Å². The minimum absolute atomic E-state index is 0.0105. The van der Waals surface area contributed by atoms with Gasteiger partial charge in [-0.15, -0.1) is 0 Å². The Kier molecular flexibility index (Phi) is 5.10. The first-order valence-electron chi connectivity index (χ1n) is 7.86. The summed E-state index contributed by atoms with van der Waals surface area (Å²) in [6.45, 7) is 2.27. The van der Waals surface area contributed by atoms with E-state index in [-0.39, 0.29) is 29.2 Å². The molecule has 0 radical (unpaired) electrons. The Hall–Kier alpha value is -3.04. The molecular weight excluding hydrogens is 343 g/mol. The fraction of sp³-hybridized carbons (Fsp3) is 0.235. The highest BCUT2D eigenvalue weighted by atomic mass is 19.1. The number of fused-ring (bicyclic) bond motifs is 1. The van der Waals surface area contributed by atoms with Crippen molar-refractivity contribution in [1.29, 1.82) is 0 Å². The zero-order valence-electron chi connectivity index (χ0n) is 13.9. The third-order valence-corrected chi connectivity index (χ3v) is 3.73. The molecular formula is C17H17FN4O4. The lowest BCUT2D eigenvalue weighted by Gasteiger charge is -2.08. The Morgan fingerprint density at radius 2 is 2.19 bits per heavy atom. The second kappa shape index (κ2) is 7.46. The summed E-state index contributed by atoms with van der Waals surface area (Å²) < 4.78 is 20.3. The zero-order valence-corrected chi connectivity index (χ0v) is 13.9. The van der Waals surface area contributed by atoms with Crippen LogP contribution in [0.15, 0.2) is 24.4 Å². The van der Waals surface area contributed by atoms with Gasteiger partial charge in [-0.1, -0.05) is 0 Å². The minimum atomic E-state index is -1.22. The number of aliphatic hydroxyl groups is 1. The van der Waals surface area contributed by atoms with Gasteiger partial charge in [0.05, 0.1) is 24.1 Å². The molecule has 2 heterocycles. The predicted molar refractivity (Wildman–Crippen MR) is 90.9 cm³/mol. The molecule has 2 aromatic heterocycles. The van der Waals surface area contributed by atoms with Crippen LogP contribution in [0, 0.1) is 12.7 Å².